The Hall–Kier alpha value is -2.05. The van der Waals surface area contributed by atoms with Crippen LogP contribution in [0.25, 0.3) is 0 Å². The highest BCUT2D eigenvalue weighted by molar-refractivity contribution is 5.76. The summed E-state index contributed by atoms with van der Waals surface area (Å²) >= 11 is 0. The first-order valence-corrected chi connectivity index (χ1v) is 37.9. The number of carbonyl (C=O) groups is 1. The highest BCUT2D eigenvalue weighted by Gasteiger charge is 2.51. The second-order valence-corrected chi connectivity index (χ2v) is 26.8. The van der Waals surface area contributed by atoms with E-state index in [1.807, 2.05) is 6.08 Å². The van der Waals surface area contributed by atoms with E-state index < -0.39 is 86.8 Å². The fourth-order valence-electron chi connectivity index (χ4n) is 12.5. The molecule has 2 rings (SSSR count). The molecule has 528 valence electrons. The van der Waals surface area contributed by atoms with Gasteiger partial charge in [-0.15, -0.1) is 0 Å². The summed E-state index contributed by atoms with van der Waals surface area (Å²) in [5, 5.41) is 87.4. The van der Waals surface area contributed by atoms with Crippen molar-refractivity contribution in [1.29, 1.82) is 0 Å². The Labute approximate surface area is 550 Å². The Morgan fingerprint density at radius 3 is 1.12 bits per heavy atom. The van der Waals surface area contributed by atoms with Gasteiger partial charge in [0, 0.05) is 6.42 Å². The third-order valence-electron chi connectivity index (χ3n) is 18.5. The van der Waals surface area contributed by atoms with Crippen molar-refractivity contribution in [3.05, 3.63) is 48.6 Å². The van der Waals surface area contributed by atoms with Crippen LogP contribution in [0.2, 0.25) is 0 Å². The number of nitrogens with one attached hydrogen (secondary N) is 1. The number of ether oxygens (including phenoxy) is 4. The van der Waals surface area contributed by atoms with Crippen LogP contribution < -0.4 is 5.32 Å². The maximum Gasteiger partial charge on any atom is 0.220 e. The number of rotatable bonds is 63. The molecule has 0 spiro atoms. The van der Waals surface area contributed by atoms with Gasteiger partial charge in [0.25, 0.3) is 0 Å². The maximum atomic E-state index is 13.3. The molecule has 9 N–H and O–H groups in total. The lowest BCUT2D eigenvalue weighted by Gasteiger charge is -2.46. The number of hydrogen-bond acceptors (Lipinski definition) is 13. The van der Waals surface area contributed by atoms with Gasteiger partial charge in [-0.05, 0) is 57.8 Å². The minimum Gasteiger partial charge on any atom is -0.394 e. The summed E-state index contributed by atoms with van der Waals surface area (Å²) in [5.74, 6) is -0.233. The molecule has 0 aromatic carbocycles. The van der Waals surface area contributed by atoms with E-state index in [1.54, 1.807) is 6.08 Å². The van der Waals surface area contributed by atoms with Crippen LogP contribution in [0.15, 0.2) is 48.6 Å². The van der Waals surface area contributed by atoms with Gasteiger partial charge in [-0.2, -0.15) is 0 Å². The Kier molecular flexibility index (Phi) is 56.6. The molecule has 0 saturated carbocycles. The minimum atomic E-state index is -1.79. The number of carbonyl (C=O) groups excluding carboxylic acids is 1. The van der Waals surface area contributed by atoms with Crippen molar-refractivity contribution in [1.82, 2.24) is 5.32 Å². The highest BCUT2D eigenvalue weighted by atomic mass is 16.7. The highest BCUT2D eigenvalue weighted by Crippen LogP contribution is 2.30. The summed E-state index contributed by atoms with van der Waals surface area (Å²) in [7, 11) is 0. The van der Waals surface area contributed by atoms with Crippen molar-refractivity contribution in [2.45, 2.75) is 408 Å². The first-order chi connectivity index (χ1) is 44.1. The van der Waals surface area contributed by atoms with Gasteiger partial charge in [0.2, 0.25) is 5.91 Å². The van der Waals surface area contributed by atoms with Gasteiger partial charge in [-0.1, -0.05) is 319 Å². The third-order valence-corrected chi connectivity index (χ3v) is 18.5. The van der Waals surface area contributed by atoms with Gasteiger partial charge in [0.1, 0.15) is 48.8 Å². The van der Waals surface area contributed by atoms with Crippen LogP contribution in [0.4, 0.5) is 0 Å². The standard InChI is InChI=1S/C76H141NO13/c1-3-5-7-9-11-13-15-17-19-21-22-23-24-25-26-27-28-29-30-31-32-33-34-35-36-37-38-39-40-41-42-44-46-48-50-52-54-56-58-60-68(81)77-64(65(80)59-57-55-53-51-49-47-45-43-20-18-16-14-12-10-8-6-4-2)63-87-75-73(86)71(84)74(67(62-79)89-75)90-76-72(85)70(83)69(82)66(61-78)88-76/h15,17,21-22,24-25,57,59,64-67,69-76,78-80,82-86H,3-14,16,18-20,23,26-56,58,60-63H2,1-2H3,(H,77,81)/b17-15-,22-21-,25-24-,59-57+. The predicted octanol–water partition coefficient (Wildman–Crippen LogP) is 16.2. The number of aliphatic hydroxyl groups excluding tert-OH is 8. The van der Waals surface area contributed by atoms with Gasteiger partial charge in [0.15, 0.2) is 12.6 Å². The molecule has 2 saturated heterocycles. The van der Waals surface area contributed by atoms with Gasteiger partial charge >= 0.3 is 0 Å². The minimum absolute atomic E-state index is 0.233. The smallest absolute Gasteiger partial charge is 0.220 e. The van der Waals surface area contributed by atoms with Crippen LogP contribution in [0.1, 0.15) is 335 Å². The fraction of sp³-hybridized carbons (Fsp3) is 0.882. The van der Waals surface area contributed by atoms with Crippen molar-refractivity contribution in [2.24, 2.45) is 0 Å². The third kappa shape index (κ3) is 43.8. The Morgan fingerprint density at radius 2 is 0.733 bits per heavy atom. The monoisotopic (exact) mass is 1280 g/mol. The zero-order chi connectivity index (χ0) is 65.2. The van der Waals surface area contributed by atoms with Crippen molar-refractivity contribution in [2.75, 3.05) is 19.8 Å². The Balaban J connectivity index is 1.57. The molecule has 14 heteroatoms. The van der Waals surface area contributed by atoms with Crippen LogP contribution in [0.5, 0.6) is 0 Å². The molecule has 2 aliphatic rings. The number of amides is 1. The van der Waals surface area contributed by atoms with E-state index in [0.717, 1.165) is 51.4 Å². The lowest BCUT2D eigenvalue weighted by Crippen LogP contribution is -2.65. The summed E-state index contributed by atoms with van der Waals surface area (Å²) in [4.78, 5) is 13.3. The van der Waals surface area contributed by atoms with E-state index in [1.165, 1.54) is 257 Å². The van der Waals surface area contributed by atoms with E-state index in [0.29, 0.717) is 6.42 Å². The van der Waals surface area contributed by atoms with Crippen molar-refractivity contribution >= 4 is 5.91 Å². The van der Waals surface area contributed by atoms with Crippen LogP contribution in [0.3, 0.4) is 0 Å². The van der Waals surface area contributed by atoms with Crippen LogP contribution >= 0.6 is 0 Å². The van der Waals surface area contributed by atoms with E-state index in [-0.39, 0.29) is 18.9 Å². The molecule has 0 aromatic heterocycles. The topological polar surface area (TPSA) is 228 Å². The van der Waals surface area contributed by atoms with Gasteiger partial charge < -0.3 is 65.1 Å². The van der Waals surface area contributed by atoms with Crippen molar-refractivity contribution in [3.63, 3.8) is 0 Å². The number of hydrogen-bond donors (Lipinski definition) is 9. The van der Waals surface area contributed by atoms with Crippen molar-refractivity contribution < 1.29 is 64.6 Å². The Bertz CT molecular complexity index is 1690. The molecule has 2 aliphatic heterocycles. The largest absolute Gasteiger partial charge is 0.394 e. The molecular weight excluding hydrogens is 1130 g/mol. The van der Waals surface area contributed by atoms with E-state index in [2.05, 4.69) is 55.6 Å². The number of allylic oxidation sites excluding steroid dienone is 7. The van der Waals surface area contributed by atoms with Crippen molar-refractivity contribution in [3.8, 4) is 0 Å². The molecule has 12 unspecified atom stereocenters. The summed E-state index contributed by atoms with van der Waals surface area (Å²) in [5.41, 5.74) is 0. The molecule has 14 nitrogen and oxygen atoms in total. The molecule has 2 fully saturated rings. The average Bonchev–Trinajstić information content (AvgIpc) is 1.04. The summed E-state index contributed by atoms with van der Waals surface area (Å²) < 4.78 is 22.9. The van der Waals surface area contributed by atoms with Gasteiger partial charge in [-0.25, -0.2) is 0 Å². The molecule has 90 heavy (non-hydrogen) atoms. The second-order valence-electron chi connectivity index (χ2n) is 26.8. The SMILES string of the molecule is CCCCCCC/C=C\C/C=C\C/C=C\CCCCCCCCCCCCCCCCCCCCCCCCCCC(=O)NC(COC1OC(CO)C(OC2OC(CO)C(O)C(O)C2O)C(O)C1O)C(O)/C=C/CCCCCCCCCCCCCCCCC. The summed E-state index contributed by atoms with van der Waals surface area (Å²) in [6.07, 6.45) is 63.3. The molecule has 2 heterocycles. The van der Waals surface area contributed by atoms with Gasteiger partial charge in [0.05, 0.1) is 32.0 Å². The fourth-order valence-corrected chi connectivity index (χ4v) is 12.5. The summed E-state index contributed by atoms with van der Waals surface area (Å²) in [6.45, 7) is 2.83. The van der Waals surface area contributed by atoms with Crippen LogP contribution in [0, 0.1) is 0 Å². The second kappa shape index (κ2) is 60.6. The predicted molar refractivity (Wildman–Crippen MR) is 369 cm³/mol. The number of unbranched alkanes of at least 4 members (excludes halogenated alkanes) is 44. The first kappa shape index (κ1) is 84.0. The quantitative estimate of drug-likeness (QED) is 0.0204. The van der Waals surface area contributed by atoms with E-state index in [9.17, 15) is 45.6 Å². The molecule has 0 aliphatic carbocycles. The van der Waals surface area contributed by atoms with Crippen LogP contribution in [-0.4, -0.2) is 140 Å². The molecule has 0 bridgehead atoms. The molecule has 0 aromatic rings. The first-order valence-electron chi connectivity index (χ1n) is 37.9. The summed E-state index contributed by atoms with van der Waals surface area (Å²) in [6, 6.07) is -0.914. The average molecular weight is 1280 g/mol. The lowest BCUT2D eigenvalue weighted by molar-refractivity contribution is -0.359. The van der Waals surface area contributed by atoms with E-state index >= 15 is 0 Å². The maximum absolute atomic E-state index is 13.3. The van der Waals surface area contributed by atoms with Gasteiger partial charge in [-0.3, -0.25) is 4.79 Å². The zero-order valence-electron chi connectivity index (χ0n) is 57.6. The normalized spacial score (nSPS) is 23.1. The number of aliphatic hydroxyl groups is 8. The Morgan fingerprint density at radius 1 is 0.400 bits per heavy atom. The lowest BCUT2D eigenvalue weighted by atomic mass is 9.97. The van der Waals surface area contributed by atoms with E-state index in [4.69, 9.17) is 18.9 Å². The molecular formula is C76H141NO13. The molecule has 12 atom stereocenters. The molecule has 1 amide bonds. The van der Waals surface area contributed by atoms with Crippen LogP contribution in [-0.2, 0) is 23.7 Å². The zero-order valence-corrected chi connectivity index (χ0v) is 57.6. The molecule has 0 radical (unpaired) electrons.